The summed E-state index contributed by atoms with van der Waals surface area (Å²) in [4.78, 5) is 1.15. The van der Waals surface area contributed by atoms with Crippen LogP contribution in [0.4, 0.5) is 0 Å². The number of hydrogen-bond donors (Lipinski definition) is 1. The fraction of sp³-hybridized carbons (Fsp3) is 0.400. The van der Waals surface area contributed by atoms with Crippen molar-refractivity contribution >= 4 is 11.8 Å². The molecule has 0 aliphatic rings. The number of ether oxygens (including phenoxy) is 1. The molecule has 0 amide bonds. The Kier molecular flexibility index (Phi) is 4.12. The van der Waals surface area contributed by atoms with E-state index in [0.29, 0.717) is 11.0 Å². The molecular weight excluding hydrogens is 184 g/mol. The van der Waals surface area contributed by atoms with Gasteiger partial charge in [-0.25, -0.2) is 0 Å². The van der Waals surface area contributed by atoms with Crippen LogP contribution >= 0.6 is 11.8 Å². The van der Waals surface area contributed by atoms with Crippen molar-refractivity contribution in [2.24, 2.45) is 0 Å². The lowest BCUT2D eigenvalue weighted by atomic mass is 10.3. The number of phenolic OH excluding ortho intramolecular Hbond substituents is 1. The van der Waals surface area contributed by atoms with Crippen LogP contribution in [-0.2, 0) is 4.74 Å². The van der Waals surface area contributed by atoms with Gasteiger partial charge >= 0.3 is 0 Å². The van der Waals surface area contributed by atoms with E-state index in [-0.39, 0.29) is 0 Å². The Morgan fingerprint density at radius 2 is 2.00 bits per heavy atom. The van der Waals surface area contributed by atoms with Crippen molar-refractivity contribution < 1.29 is 9.84 Å². The summed E-state index contributed by atoms with van der Waals surface area (Å²) < 4.78 is 5.03. The average Bonchev–Trinajstić information content (AvgIpc) is 2.09. The zero-order valence-corrected chi connectivity index (χ0v) is 8.67. The molecule has 2 nitrogen and oxygen atoms in total. The smallest absolute Gasteiger partial charge is 0.115 e. The highest BCUT2D eigenvalue weighted by Crippen LogP contribution is 2.24. The second kappa shape index (κ2) is 5.14. The summed E-state index contributed by atoms with van der Waals surface area (Å²) in [7, 11) is 1.70. The SMILES string of the molecule is COCC(C)Sc1ccc(O)cc1. The molecule has 0 heterocycles. The molecule has 0 aliphatic heterocycles. The van der Waals surface area contributed by atoms with Crippen LogP contribution in [0.3, 0.4) is 0 Å². The van der Waals surface area contributed by atoms with E-state index >= 15 is 0 Å². The third-order valence-corrected chi connectivity index (χ3v) is 2.66. The van der Waals surface area contributed by atoms with Gasteiger partial charge in [0.05, 0.1) is 6.61 Å². The van der Waals surface area contributed by atoms with E-state index in [1.165, 1.54) is 0 Å². The minimum atomic E-state index is 0.309. The maximum atomic E-state index is 9.06. The molecular formula is C10H14O2S. The molecule has 1 aromatic carbocycles. The minimum Gasteiger partial charge on any atom is -0.508 e. The van der Waals surface area contributed by atoms with E-state index in [1.807, 2.05) is 12.1 Å². The standard InChI is InChI=1S/C10H14O2S/c1-8(7-12-2)13-10-5-3-9(11)4-6-10/h3-6,8,11H,7H2,1-2H3. The summed E-state index contributed by atoms with van der Waals surface area (Å²) in [6.45, 7) is 2.85. The van der Waals surface area contributed by atoms with Gasteiger partial charge in [0.1, 0.15) is 5.75 Å². The third-order valence-electron chi connectivity index (χ3n) is 1.58. The predicted molar refractivity (Wildman–Crippen MR) is 55.3 cm³/mol. The molecule has 0 bridgehead atoms. The first-order valence-corrected chi connectivity index (χ1v) is 5.05. The van der Waals surface area contributed by atoms with E-state index in [4.69, 9.17) is 9.84 Å². The topological polar surface area (TPSA) is 29.5 Å². The quantitative estimate of drug-likeness (QED) is 0.754. The molecule has 0 aromatic heterocycles. The van der Waals surface area contributed by atoms with E-state index in [0.717, 1.165) is 11.5 Å². The van der Waals surface area contributed by atoms with Crippen LogP contribution in [0.2, 0.25) is 0 Å². The minimum absolute atomic E-state index is 0.309. The van der Waals surface area contributed by atoms with Gasteiger partial charge in [0.15, 0.2) is 0 Å². The van der Waals surface area contributed by atoms with Gasteiger partial charge in [0.25, 0.3) is 0 Å². The van der Waals surface area contributed by atoms with Gasteiger partial charge in [0, 0.05) is 17.3 Å². The zero-order chi connectivity index (χ0) is 9.68. The number of phenols is 1. The molecule has 1 aromatic rings. The maximum absolute atomic E-state index is 9.06. The first kappa shape index (κ1) is 10.4. The van der Waals surface area contributed by atoms with Crippen LogP contribution in [0.1, 0.15) is 6.92 Å². The van der Waals surface area contributed by atoms with Gasteiger partial charge in [-0.05, 0) is 24.3 Å². The van der Waals surface area contributed by atoms with Crippen LogP contribution < -0.4 is 0 Å². The summed E-state index contributed by atoms with van der Waals surface area (Å²) in [5, 5.41) is 9.50. The Balaban J connectivity index is 2.49. The van der Waals surface area contributed by atoms with Crippen molar-refractivity contribution in [3.8, 4) is 5.75 Å². The molecule has 0 aliphatic carbocycles. The van der Waals surface area contributed by atoms with Crippen molar-refractivity contribution in [2.45, 2.75) is 17.1 Å². The Morgan fingerprint density at radius 1 is 1.38 bits per heavy atom. The number of thioether (sulfide) groups is 1. The molecule has 1 atom stereocenters. The molecule has 13 heavy (non-hydrogen) atoms. The van der Waals surface area contributed by atoms with E-state index in [9.17, 15) is 0 Å². The van der Waals surface area contributed by atoms with Gasteiger partial charge < -0.3 is 9.84 Å². The van der Waals surface area contributed by atoms with Crippen LogP contribution in [-0.4, -0.2) is 24.1 Å². The molecule has 0 saturated carbocycles. The van der Waals surface area contributed by atoms with Crippen molar-refractivity contribution in [1.29, 1.82) is 0 Å². The van der Waals surface area contributed by atoms with E-state index in [2.05, 4.69) is 6.92 Å². The third kappa shape index (κ3) is 3.70. The molecule has 72 valence electrons. The molecule has 1 N–H and O–H groups in total. The first-order chi connectivity index (χ1) is 6.22. The molecule has 3 heteroatoms. The van der Waals surface area contributed by atoms with Crippen LogP contribution in [0.15, 0.2) is 29.2 Å². The van der Waals surface area contributed by atoms with Gasteiger partial charge in [-0.15, -0.1) is 11.8 Å². The number of rotatable bonds is 4. The molecule has 1 unspecified atom stereocenters. The average molecular weight is 198 g/mol. The Bertz CT molecular complexity index is 246. The fourth-order valence-corrected chi connectivity index (χ4v) is 1.99. The first-order valence-electron chi connectivity index (χ1n) is 4.17. The molecule has 0 saturated heterocycles. The highest BCUT2D eigenvalue weighted by Gasteiger charge is 2.03. The second-order valence-corrected chi connectivity index (χ2v) is 4.39. The zero-order valence-electron chi connectivity index (χ0n) is 7.86. The van der Waals surface area contributed by atoms with Gasteiger partial charge in [0.2, 0.25) is 0 Å². The molecule has 1 rings (SSSR count). The Labute approximate surface area is 82.9 Å². The number of benzene rings is 1. The molecule has 0 radical (unpaired) electrons. The summed E-state index contributed by atoms with van der Waals surface area (Å²) in [5.74, 6) is 0.309. The highest BCUT2D eigenvalue weighted by atomic mass is 32.2. The lowest BCUT2D eigenvalue weighted by Gasteiger charge is -2.09. The number of hydrogen-bond acceptors (Lipinski definition) is 3. The van der Waals surface area contributed by atoms with Crippen molar-refractivity contribution in [3.05, 3.63) is 24.3 Å². The van der Waals surface area contributed by atoms with Crippen LogP contribution in [0.25, 0.3) is 0 Å². The monoisotopic (exact) mass is 198 g/mol. The largest absolute Gasteiger partial charge is 0.508 e. The van der Waals surface area contributed by atoms with E-state index < -0.39 is 0 Å². The maximum Gasteiger partial charge on any atom is 0.115 e. The van der Waals surface area contributed by atoms with Crippen molar-refractivity contribution in [3.63, 3.8) is 0 Å². The molecule has 0 spiro atoms. The van der Waals surface area contributed by atoms with Crippen LogP contribution in [0, 0.1) is 0 Å². The molecule has 0 fully saturated rings. The second-order valence-electron chi connectivity index (χ2n) is 2.88. The Morgan fingerprint density at radius 3 is 2.54 bits per heavy atom. The predicted octanol–water partition coefficient (Wildman–Crippen LogP) is 2.52. The van der Waals surface area contributed by atoms with Gasteiger partial charge in [-0.3, -0.25) is 0 Å². The Hall–Kier alpha value is -0.670. The summed E-state index contributed by atoms with van der Waals surface area (Å²) >= 11 is 1.74. The van der Waals surface area contributed by atoms with Crippen LogP contribution in [0.5, 0.6) is 5.75 Å². The highest BCUT2D eigenvalue weighted by molar-refractivity contribution is 8.00. The summed E-state index contributed by atoms with van der Waals surface area (Å²) in [6.07, 6.45) is 0. The summed E-state index contributed by atoms with van der Waals surface area (Å²) in [5.41, 5.74) is 0. The van der Waals surface area contributed by atoms with Gasteiger partial charge in [-0.1, -0.05) is 6.92 Å². The lowest BCUT2D eigenvalue weighted by molar-refractivity contribution is 0.203. The summed E-state index contributed by atoms with van der Waals surface area (Å²) in [6, 6.07) is 7.21. The van der Waals surface area contributed by atoms with Crippen molar-refractivity contribution in [2.75, 3.05) is 13.7 Å². The van der Waals surface area contributed by atoms with Gasteiger partial charge in [-0.2, -0.15) is 0 Å². The lowest BCUT2D eigenvalue weighted by Crippen LogP contribution is -2.04. The van der Waals surface area contributed by atoms with Crippen molar-refractivity contribution in [1.82, 2.24) is 0 Å². The number of aromatic hydroxyl groups is 1. The number of methoxy groups -OCH3 is 1. The fourth-order valence-electron chi connectivity index (χ4n) is 1.03. The normalized spacial score (nSPS) is 12.8. The van der Waals surface area contributed by atoms with E-state index in [1.54, 1.807) is 31.0 Å².